The Bertz CT molecular complexity index is 724. The monoisotopic (exact) mass is 503 g/mol. The minimum atomic E-state index is -1.15. The molecule has 3 heterocycles. The average molecular weight is 504 g/mol. The van der Waals surface area contributed by atoms with Crippen LogP contribution in [0.1, 0.15) is 46.5 Å². The summed E-state index contributed by atoms with van der Waals surface area (Å²) in [6, 6.07) is -0.980. The number of hydrogen-bond acceptors (Lipinski definition) is 11. The molecular weight excluding hydrogens is 466 g/mol. The lowest BCUT2D eigenvalue weighted by atomic mass is 9.96. The molecule has 200 valence electrons. The molecule has 3 rings (SSSR count). The number of ether oxygens (including phenoxy) is 7. The Hall–Kier alpha value is -1.54. The van der Waals surface area contributed by atoms with Crippen molar-refractivity contribution < 1.29 is 48.2 Å². The predicted octanol–water partition coefficient (Wildman–Crippen LogP) is 1.19. The van der Waals surface area contributed by atoms with E-state index in [0.717, 1.165) is 25.7 Å². The Balaban J connectivity index is 1.88. The lowest BCUT2D eigenvalue weighted by molar-refractivity contribution is -0.342. The number of aliphatic hydroxyl groups excluding tert-OH is 2. The molecule has 3 aliphatic rings. The van der Waals surface area contributed by atoms with E-state index in [1.54, 1.807) is 0 Å². The zero-order chi connectivity index (χ0) is 25.4. The van der Waals surface area contributed by atoms with Crippen LogP contribution in [-0.4, -0.2) is 104 Å². The van der Waals surface area contributed by atoms with E-state index in [0.29, 0.717) is 13.2 Å². The van der Waals surface area contributed by atoms with Crippen LogP contribution < -0.4 is 0 Å². The van der Waals surface area contributed by atoms with Crippen LogP contribution in [0.4, 0.5) is 0 Å². The highest BCUT2D eigenvalue weighted by atomic mass is 16.8. The number of esters is 1. The van der Waals surface area contributed by atoms with E-state index in [1.807, 2.05) is 13.8 Å². The molecule has 0 aliphatic carbocycles. The van der Waals surface area contributed by atoms with Gasteiger partial charge in [0.2, 0.25) is 0 Å². The van der Waals surface area contributed by atoms with E-state index in [9.17, 15) is 15.0 Å². The Labute approximate surface area is 204 Å². The molecule has 3 saturated heterocycles. The summed E-state index contributed by atoms with van der Waals surface area (Å²) in [7, 11) is 0. The van der Waals surface area contributed by atoms with Crippen molar-refractivity contribution in [3.8, 4) is 0 Å². The Kier molecular flexibility index (Phi) is 11.0. The normalized spacial score (nSPS) is 38.7. The van der Waals surface area contributed by atoms with Crippen LogP contribution in [0.2, 0.25) is 0 Å². The van der Waals surface area contributed by atoms with Crippen LogP contribution >= 0.6 is 0 Å². The summed E-state index contributed by atoms with van der Waals surface area (Å²) < 4.78 is 41.2. The molecule has 0 radical (unpaired) electrons. The second kappa shape index (κ2) is 13.7. The summed E-state index contributed by atoms with van der Waals surface area (Å²) >= 11 is 0. The SMILES string of the molecule is CCCCOC1C(OCCCC)[C@H](O)C(CO)O[C@H]1OC1[C@@H](OC(C)=O)[C@H](N=[N+]=[N-])C2OC[C@H]1O2. The van der Waals surface area contributed by atoms with E-state index in [1.165, 1.54) is 6.92 Å². The maximum absolute atomic E-state index is 11.9. The van der Waals surface area contributed by atoms with Gasteiger partial charge in [0.25, 0.3) is 0 Å². The third-order valence-corrected chi connectivity index (χ3v) is 6.23. The Morgan fingerprint density at radius 1 is 1.09 bits per heavy atom. The molecule has 0 saturated carbocycles. The van der Waals surface area contributed by atoms with Gasteiger partial charge in [0.05, 0.1) is 13.2 Å². The summed E-state index contributed by atoms with van der Waals surface area (Å²) in [6.07, 6.45) is -5.01. The summed E-state index contributed by atoms with van der Waals surface area (Å²) in [6.45, 7) is 5.70. The van der Waals surface area contributed by atoms with Gasteiger partial charge < -0.3 is 43.4 Å². The minimum Gasteiger partial charge on any atom is -0.459 e. The molecule has 13 heteroatoms. The van der Waals surface area contributed by atoms with Crippen LogP contribution in [0.15, 0.2) is 5.11 Å². The van der Waals surface area contributed by atoms with Crippen LogP contribution in [0.3, 0.4) is 0 Å². The number of carbonyl (C=O) groups is 1. The van der Waals surface area contributed by atoms with Crippen molar-refractivity contribution in [2.45, 2.75) is 108 Å². The van der Waals surface area contributed by atoms with Gasteiger partial charge in [-0.1, -0.05) is 31.8 Å². The number of aliphatic hydroxyl groups is 2. The third-order valence-electron chi connectivity index (χ3n) is 6.23. The maximum Gasteiger partial charge on any atom is 0.303 e. The van der Waals surface area contributed by atoms with Crippen LogP contribution in [0.5, 0.6) is 0 Å². The largest absolute Gasteiger partial charge is 0.459 e. The number of unbranched alkanes of at least 4 members (excludes halogenated alkanes) is 2. The Morgan fingerprint density at radius 2 is 1.77 bits per heavy atom. The quantitative estimate of drug-likeness (QED) is 0.122. The first-order valence-corrected chi connectivity index (χ1v) is 12.3. The van der Waals surface area contributed by atoms with Crippen molar-refractivity contribution in [3.05, 3.63) is 10.4 Å². The fraction of sp³-hybridized carbons (Fsp3) is 0.955. The van der Waals surface area contributed by atoms with Crippen molar-refractivity contribution in [2.24, 2.45) is 5.11 Å². The highest BCUT2D eigenvalue weighted by Crippen LogP contribution is 2.37. The number of azide groups is 1. The van der Waals surface area contributed by atoms with Crippen molar-refractivity contribution in [2.75, 3.05) is 26.4 Å². The van der Waals surface area contributed by atoms with E-state index >= 15 is 0 Å². The summed E-state index contributed by atoms with van der Waals surface area (Å²) in [5.41, 5.74) is 9.05. The fourth-order valence-corrected chi connectivity index (χ4v) is 4.43. The molecule has 0 aromatic heterocycles. The zero-order valence-electron chi connectivity index (χ0n) is 20.4. The molecule has 0 amide bonds. The van der Waals surface area contributed by atoms with E-state index in [4.69, 9.17) is 38.7 Å². The molecule has 3 aliphatic heterocycles. The van der Waals surface area contributed by atoms with Crippen molar-refractivity contribution in [3.63, 3.8) is 0 Å². The first-order chi connectivity index (χ1) is 16.9. The van der Waals surface area contributed by atoms with Gasteiger partial charge in [-0.15, -0.1) is 0 Å². The Morgan fingerprint density at radius 3 is 2.37 bits per heavy atom. The lowest BCUT2D eigenvalue weighted by Gasteiger charge is -2.46. The second-order valence-electron chi connectivity index (χ2n) is 8.84. The van der Waals surface area contributed by atoms with Crippen molar-refractivity contribution in [1.29, 1.82) is 0 Å². The summed E-state index contributed by atoms with van der Waals surface area (Å²) in [5.74, 6) is -0.590. The van der Waals surface area contributed by atoms with Gasteiger partial charge in [0, 0.05) is 25.0 Å². The lowest BCUT2D eigenvalue weighted by Crippen LogP contribution is -2.64. The van der Waals surface area contributed by atoms with E-state index in [-0.39, 0.29) is 6.61 Å². The molecule has 10 atom stereocenters. The molecule has 13 nitrogen and oxygen atoms in total. The molecular formula is C22H37N3O10. The minimum absolute atomic E-state index is 0.126. The van der Waals surface area contributed by atoms with Gasteiger partial charge in [-0.25, -0.2) is 0 Å². The number of nitrogens with zero attached hydrogens (tertiary/aromatic N) is 3. The number of fused-ring (bicyclic) bond motifs is 2. The topological polar surface area (TPSA) is 171 Å². The van der Waals surface area contributed by atoms with Gasteiger partial charge in [0.1, 0.15) is 48.8 Å². The predicted molar refractivity (Wildman–Crippen MR) is 119 cm³/mol. The highest BCUT2D eigenvalue weighted by Gasteiger charge is 2.56. The van der Waals surface area contributed by atoms with Crippen molar-refractivity contribution >= 4 is 5.97 Å². The van der Waals surface area contributed by atoms with E-state index < -0.39 is 73.9 Å². The van der Waals surface area contributed by atoms with Crippen molar-refractivity contribution in [1.82, 2.24) is 0 Å². The third kappa shape index (κ3) is 6.82. The number of rotatable bonds is 13. The first kappa shape index (κ1) is 28.0. The average Bonchev–Trinajstić information content (AvgIpc) is 3.27. The summed E-state index contributed by atoms with van der Waals surface area (Å²) in [4.78, 5) is 14.7. The van der Waals surface area contributed by atoms with Crippen LogP contribution in [0.25, 0.3) is 10.4 Å². The molecule has 0 aromatic carbocycles. The van der Waals surface area contributed by atoms with Gasteiger partial charge in [-0.2, -0.15) is 0 Å². The molecule has 0 spiro atoms. The first-order valence-electron chi connectivity index (χ1n) is 12.3. The highest BCUT2D eigenvalue weighted by molar-refractivity contribution is 5.66. The smallest absolute Gasteiger partial charge is 0.303 e. The van der Waals surface area contributed by atoms with Crippen LogP contribution in [0, 0.1) is 0 Å². The maximum atomic E-state index is 11.9. The van der Waals surface area contributed by atoms with Gasteiger partial charge in [0.15, 0.2) is 12.6 Å². The van der Waals surface area contributed by atoms with Gasteiger partial charge in [-0.3, -0.25) is 4.79 Å². The second-order valence-corrected chi connectivity index (χ2v) is 8.84. The molecule has 2 bridgehead atoms. The molecule has 2 N–H and O–H groups in total. The molecule has 35 heavy (non-hydrogen) atoms. The molecule has 0 aromatic rings. The van der Waals surface area contributed by atoms with Crippen LogP contribution in [-0.2, 0) is 38.0 Å². The van der Waals surface area contributed by atoms with Gasteiger partial charge >= 0.3 is 5.97 Å². The summed E-state index contributed by atoms with van der Waals surface area (Å²) in [5, 5.41) is 24.4. The van der Waals surface area contributed by atoms with E-state index in [2.05, 4.69) is 10.0 Å². The number of hydrogen-bond donors (Lipinski definition) is 2. The number of carbonyl (C=O) groups excluding carboxylic acids is 1. The zero-order valence-corrected chi connectivity index (χ0v) is 20.4. The molecule has 5 unspecified atom stereocenters. The van der Waals surface area contributed by atoms with Gasteiger partial charge in [-0.05, 0) is 18.4 Å². The molecule has 3 fully saturated rings. The standard InChI is InChI=1S/C22H37N3O10/c1-4-6-8-29-19-16(28)13(10-26)33-22(20(19)30-9-7-5-2)35-17-14-11-31-21(34-14)15(24-25-23)18(17)32-12(3)27/h13-22,26,28H,4-11H2,1-3H3/t13?,14-,15+,16-,17?,18+,19?,20?,21?,22+/m1/s1. The fourth-order valence-electron chi connectivity index (χ4n) is 4.43.